The molecular formula is C19H28Cl3N3. The van der Waals surface area contributed by atoms with Crippen molar-refractivity contribution < 1.29 is 0 Å². The maximum atomic E-state index is 6.25. The molecule has 6 heteroatoms. The van der Waals surface area contributed by atoms with Crippen LogP contribution in [0.25, 0.3) is 10.9 Å². The fraction of sp³-hybridized carbons (Fsp3) is 0.526. The molecule has 3 rings (SSSR count). The first kappa shape index (κ1) is 22.3. The van der Waals surface area contributed by atoms with Gasteiger partial charge in [0.2, 0.25) is 0 Å². The van der Waals surface area contributed by atoms with E-state index in [2.05, 4.69) is 30.4 Å². The van der Waals surface area contributed by atoms with E-state index in [0.717, 1.165) is 42.9 Å². The average Bonchev–Trinajstić information content (AvgIpc) is 2.76. The van der Waals surface area contributed by atoms with E-state index in [1.165, 1.54) is 41.6 Å². The Morgan fingerprint density at radius 2 is 1.88 bits per heavy atom. The number of fused-ring (bicyclic) bond motifs is 2. The van der Waals surface area contributed by atoms with Gasteiger partial charge in [0.05, 0.1) is 5.52 Å². The molecule has 1 N–H and O–H groups in total. The lowest BCUT2D eigenvalue weighted by Crippen LogP contribution is -2.17. The van der Waals surface area contributed by atoms with Crippen LogP contribution < -0.4 is 5.32 Å². The van der Waals surface area contributed by atoms with Gasteiger partial charge >= 0.3 is 0 Å². The van der Waals surface area contributed by atoms with Crippen molar-refractivity contribution in [2.45, 2.75) is 38.5 Å². The molecule has 1 aromatic heterocycles. The minimum Gasteiger partial charge on any atom is -0.384 e. The van der Waals surface area contributed by atoms with E-state index in [9.17, 15) is 0 Å². The molecule has 0 aliphatic heterocycles. The molecular weight excluding hydrogens is 377 g/mol. The van der Waals surface area contributed by atoms with Gasteiger partial charge in [-0.05, 0) is 76.5 Å². The molecule has 1 aliphatic rings. The summed E-state index contributed by atoms with van der Waals surface area (Å²) >= 11 is 6.25. The molecule has 1 aromatic carbocycles. The van der Waals surface area contributed by atoms with Gasteiger partial charge in [-0.3, -0.25) is 4.98 Å². The summed E-state index contributed by atoms with van der Waals surface area (Å²) in [6.07, 6.45) is 7.16. The minimum atomic E-state index is 0. The summed E-state index contributed by atoms with van der Waals surface area (Å²) in [6, 6.07) is 6.05. The number of aromatic nitrogens is 1. The lowest BCUT2D eigenvalue weighted by Gasteiger charge is -2.18. The van der Waals surface area contributed by atoms with Crippen molar-refractivity contribution in [2.24, 2.45) is 0 Å². The van der Waals surface area contributed by atoms with Crippen molar-refractivity contribution in [3.8, 4) is 0 Å². The third kappa shape index (κ3) is 5.62. The van der Waals surface area contributed by atoms with E-state index in [0.29, 0.717) is 0 Å². The summed E-state index contributed by atoms with van der Waals surface area (Å²) in [5.74, 6) is 0. The van der Waals surface area contributed by atoms with Gasteiger partial charge in [-0.2, -0.15) is 0 Å². The number of pyridine rings is 1. The normalized spacial score (nSPS) is 13.6. The molecule has 0 amide bonds. The molecule has 0 atom stereocenters. The van der Waals surface area contributed by atoms with Crippen molar-refractivity contribution in [1.82, 2.24) is 9.88 Å². The van der Waals surface area contributed by atoms with E-state index in [1.54, 1.807) is 0 Å². The highest BCUT2D eigenvalue weighted by Crippen LogP contribution is 2.34. The number of benzene rings is 1. The molecule has 2 aromatic rings. The Balaban J connectivity index is 0.00000156. The molecule has 0 saturated carbocycles. The van der Waals surface area contributed by atoms with Crippen LogP contribution in [0.15, 0.2) is 18.2 Å². The minimum absolute atomic E-state index is 0. The number of hydrogen-bond acceptors (Lipinski definition) is 3. The summed E-state index contributed by atoms with van der Waals surface area (Å²) in [6.45, 7) is 2.08. The summed E-state index contributed by atoms with van der Waals surface area (Å²) in [7, 11) is 4.24. The Kier molecular flexibility index (Phi) is 9.29. The van der Waals surface area contributed by atoms with Crippen molar-refractivity contribution >= 4 is 53.0 Å². The number of nitrogens with one attached hydrogen (secondary N) is 1. The first-order chi connectivity index (χ1) is 11.1. The summed E-state index contributed by atoms with van der Waals surface area (Å²) in [5, 5.41) is 5.65. The lowest BCUT2D eigenvalue weighted by molar-refractivity contribution is 0.405. The number of anilines is 1. The molecule has 0 spiro atoms. The summed E-state index contributed by atoms with van der Waals surface area (Å²) in [5.41, 5.74) is 5.04. The molecule has 0 radical (unpaired) electrons. The first-order valence-electron chi connectivity index (χ1n) is 8.65. The van der Waals surface area contributed by atoms with E-state index < -0.39 is 0 Å². The lowest BCUT2D eigenvalue weighted by atomic mass is 10.0. The van der Waals surface area contributed by atoms with Crippen molar-refractivity contribution in [3.63, 3.8) is 0 Å². The number of hydrogen-bond donors (Lipinski definition) is 1. The van der Waals surface area contributed by atoms with E-state index in [4.69, 9.17) is 16.6 Å². The van der Waals surface area contributed by atoms with Crippen LogP contribution in [0.5, 0.6) is 0 Å². The standard InChI is InChI=1S/C19H26ClN3.2ClH/c1-23(2)12-6-11-21-19-15-7-4-3-5-8-17(15)22-18-10-9-14(20)13-16(18)19;;/h9-10,13H,3-8,11-12H2,1-2H3,(H,21,22);2*1H. The number of nitrogens with zero attached hydrogens (tertiary/aromatic N) is 2. The van der Waals surface area contributed by atoms with Gasteiger partial charge in [0.15, 0.2) is 0 Å². The zero-order valence-corrected chi connectivity index (χ0v) is 17.4. The fourth-order valence-corrected chi connectivity index (χ4v) is 3.56. The molecule has 3 nitrogen and oxygen atoms in total. The molecule has 0 saturated heterocycles. The second-order valence-corrected chi connectivity index (χ2v) is 7.15. The predicted molar refractivity (Wildman–Crippen MR) is 114 cm³/mol. The van der Waals surface area contributed by atoms with Crippen molar-refractivity contribution in [3.05, 3.63) is 34.5 Å². The quantitative estimate of drug-likeness (QED) is 0.537. The van der Waals surface area contributed by atoms with Crippen LogP contribution in [-0.2, 0) is 12.8 Å². The number of rotatable bonds is 5. The Morgan fingerprint density at radius 3 is 2.64 bits per heavy atom. The zero-order valence-electron chi connectivity index (χ0n) is 15.0. The van der Waals surface area contributed by atoms with E-state index in [1.807, 2.05) is 12.1 Å². The van der Waals surface area contributed by atoms with Crippen molar-refractivity contribution in [2.75, 3.05) is 32.5 Å². The van der Waals surface area contributed by atoms with Crippen LogP contribution in [0, 0.1) is 0 Å². The Bertz CT molecular complexity index is 689. The fourth-order valence-electron chi connectivity index (χ4n) is 3.38. The Hall–Kier alpha value is -0.740. The van der Waals surface area contributed by atoms with Crippen LogP contribution in [-0.4, -0.2) is 37.1 Å². The van der Waals surface area contributed by atoms with Gasteiger partial charge in [-0.25, -0.2) is 0 Å². The highest BCUT2D eigenvalue weighted by molar-refractivity contribution is 6.31. The highest BCUT2D eigenvalue weighted by atomic mass is 35.5. The van der Waals surface area contributed by atoms with Crippen LogP contribution >= 0.6 is 36.4 Å². The second-order valence-electron chi connectivity index (χ2n) is 6.72. The van der Waals surface area contributed by atoms with E-state index >= 15 is 0 Å². The van der Waals surface area contributed by atoms with Crippen LogP contribution in [0.4, 0.5) is 5.69 Å². The summed E-state index contributed by atoms with van der Waals surface area (Å²) < 4.78 is 0. The first-order valence-corrected chi connectivity index (χ1v) is 9.02. The number of halogens is 3. The van der Waals surface area contributed by atoms with Gasteiger partial charge in [-0.15, -0.1) is 24.8 Å². The third-order valence-electron chi connectivity index (χ3n) is 4.56. The predicted octanol–water partition coefficient (Wildman–Crippen LogP) is 5.36. The Labute approximate surface area is 168 Å². The highest BCUT2D eigenvalue weighted by Gasteiger charge is 2.17. The third-order valence-corrected chi connectivity index (χ3v) is 4.79. The summed E-state index contributed by atoms with van der Waals surface area (Å²) in [4.78, 5) is 7.15. The van der Waals surface area contributed by atoms with Gasteiger partial charge in [-0.1, -0.05) is 18.0 Å². The van der Waals surface area contributed by atoms with Gasteiger partial charge in [0.25, 0.3) is 0 Å². The van der Waals surface area contributed by atoms with E-state index in [-0.39, 0.29) is 24.8 Å². The molecule has 0 unspecified atom stereocenters. The van der Waals surface area contributed by atoms with Gasteiger partial charge < -0.3 is 10.2 Å². The maximum Gasteiger partial charge on any atom is 0.0727 e. The average molecular weight is 405 g/mol. The molecule has 0 bridgehead atoms. The van der Waals surface area contributed by atoms with Crippen LogP contribution in [0.3, 0.4) is 0 Å². The largest absolute Gasteiger partial charge is 0.384 e. The topological polar surface area (TPSA) is 28.2 Å². The van der Waals surface area contributed by atoms with Crippen molar-refractivity contribution in [1.29, 1.82) is 0 Å². The van der Waals surface area contributed by atoms with Gasteiger partial charge in [0.1, 0.15) is 0 Å². The number of aryl methyl sites for hydroxylation is 1. The molecule has 1 heterocycles. The van der Waals surface area contributed by atoms with Gasteiger partial charge in [0, 0.05) is 28.3 Å². The maximum absolute atomic E-state index is 6.25. The molecule has 140 valence electrons. The SMILES string of the molecule is CN(C)CCCNc1c2c(nc3ccc(Cl)cc13)CCCCC2.Cl.Cl. The molecule has 0 fully saturated rings. The second kappa shape index (κ2) is 10.4. The molecule has 25 heavy (non-hydrogen) atoms. The molecule has 1 aliphatic carbocycles. The monoisotopic (exact) mass is 403 g/mol. The van der Waals surface area contributed by atoms with Crippen LogP contribution in [0.2, 0.25) is 5.02 Å². The smallest absolute Gasteiger partial charge is 0.0727 e. The van der Waals surface area contributed by atoms with Crippen LogP contribution in [0.1, 0.15) is 36.9 Å². The Morgan fingerprint density at radius 1 is 1.12 bits per heavy atom. The zero-order chi connectivity index (χ0) is 16.2.